The third-order valence-corrected chi connectivity index (χ3v) is 7.53. The number of carbonyl (C=O) groups is 1. The van der Waals surface area contributed by atoms with Crippen molar-refractivity contribution in [3.63, 3.8) is 0 Å². The van der Waals surface area contributed by atoms with E-state index in [-0.39, 0.29) is 11.7 Å². The second kappa shape index (κ2) is 11.6. The molecule has 0 radical (unpaired) electrons. The zero-order valence-corrected chi connectivity index (χ0v) is 24.4. The maximum absolute atomic E-state index is 13.8. The highest BCUT2D eigenvalue weighted by Crippen LogP contribution is 2.35. The van der Waals surface area contributed by atoms with Gasteiger partial charge in [0, 0.05) is 0 Å². The summed E-state index contributed by atoms with van der Waals surface area (Å²) in [6.07, 6.45) is 2.37. The summed E-state index contributed by atoms with van der Waals surface area (Å²) in [5.41, 5.74) is 2.42. The van der Waals surface area contributed by atoms with Crippen LogP contribution in [0.5, 0.6) is 11.5 Å². The van der Waals surface area contributed by atoms with Crippen LogP contribution in [-0.2, 0) is 9.53 Å². The minimum absolute atomic E-state index is 0.00276. The van der Waals surface area contributed by atoms with Gasteiger partial charge in [-0.2, -0.15) is 0 Å². The van der Waals surface area contributed by atoms with Gasteiger partial charge in [-0.3, -0.25) is 9.36 Å². The maximum Gasteiger partial charge on any atom is 0.338 e. The molecule has 0 unspecified atom stereocenters. The number of esters is 1. The van der Waals surface area contributed by atoms with Gasteiger partial charge in [0.1, 0.15) is 0 Å². The number of hydrogen-bond acceptors (Lipinski definition) is 7. The fourth-order valence-corrected chi connectivity index (χ4v) is 6.02. The highest BCUT2D eigenvalue weighted by atomic mass is 127. The Morgan fingerprint density at radius 2 is 1.95 bits per heavy atom. The molecule has 1 aliphatic rings. The van der Waals surface area contributed by atoms with Crippen LogP contribution in [0.15, 0.2) is 63.5 Å². The molecular weight excluding hydrogens is 603 g/mol. The quantitative estimate of drug-likeness (QED) is 0.268. The molecule has 0 saturated carbocycles. The summed E-state index contributed by atoms with van der Waals surface area (Å²) in [7, 11) is 1.35. The zero-order valence-electron chi connectivity index (χ0n) is 21.4. The molecule has 0 aliphatic carbocycles. The summed E-state index contributed by atoms with van der Waals surface area (Å²) in [5.74, 6) is 0.835. The van der Waals surface area contributed by atoms with E-state index in [4.69, 9.17) is 19.2 Å². The number of halogens is 1. The van der Waals surface area contributed by atoms with Gasteiger partial charge in [-0.1, -0.05) is 48.6 Å². The summed E-state index contributed by atoms with van der Waals surface area (Å²) >= 11 is 3.53. The van der Waals surface area contributed by atoms with Crippen molar-refractivity contribution in [3.8, 4) is 11.5 Å². The van der Waals surface area contributed by atoms with Crippen molar-refractivity contribution in [1.82, 2.24) is 4.57 Å². The lowest BCUT2D eigenvalue weighted by Crippen LogP contribution is -2.40. The summed E-state index contributed by atoms with van der Waals surface area (Å²) in [4.78, 5) is 32.0. The number of hydrogen-bond donors (Lipinski definition) is 0. The largest absolute Gasteiger partial charge is 0.490 e. The second-order valence-electron chi connectivity index (χ2n) is 8.63. The number of ether oxygens (including phenoxy) is 3. The number of rotatable bonds is 8. The van der Waals surface area contributed by atoms with E-state index in [0.29, 0.717) is 45.1 Å². The number of methoxy groups -OCH3 is 1. The van der Waals surface area contributed by atoms with Crippen LogP contribution in [-0.4, -0.2) is 30.4 Å². The zero-order chi connectivity index (χ0) is 26.7. The van der Waals surface area contributed by atoms with E-state index in [9.17, 15) is 9.59 Å². The van der Waals surface area contributed by atoms with Crippen LogP contribution in [0.3, 0.4) is 0 Å². The molecule has 2 heterocycles. The first-order valence-corrected chi connectivity index (χ1v) is 14.0. The van der Waals surface area contributed by atoms with E-state index in [0.717, 1.165) is 14.7 Å². The summed E-state index contributed by atoms with van der Waals surface area (Å²) in [6.45, 7) is 8.29. The van der Waals surface area contributed by atoms with Crippen molar-refractivity contribution in [1.29, 1.82) is 0 Å². The SMILES string of the molecule is CCOc1cc(/C=c2/sc3n(c2=O)[C@H](c2ccccc2)C(C(=O)OC)=C(CC)N=3)cc(I)c1OC(C)C. The molecule has 0 N–H and O–H groups in total. The lowest BCUT2D eigenvalue weighted by molar-refractivity contribution is -0.136. The van der Waals surface area contributed by atoms with E-state index in [1.54, 1.807) is 4.57 Å². The van der Waals surface area contributed by atoms with Crippen LogP contribution < -0.4 is 24.4 Å². The molecule has 0 amide bonds. The first-order chi connectivity index (χ1) is 17.8. The molecule has 0 saturated heterocycles. The van der Waals surface area contributed by atoms with Gasteiger partial charge < -0.3 is 14.2 Å². The first kappa shape index (κ1) is 27.1. The predicted octanol–water partition coefficient (Wildman–Crippen LogP) is 4.59. The Kier molecular flexibility index (Phi) is 8.53. The predicted molar refractivity (Wildman–Crippen MR) is 153 cm³/mol. The molecular formula is C28H29IN2O5S. The van der Waals surface area contributed by atoms with E-state index < -0.39 is 12.0 Å². The topological polar surface area (TPSA) is 79.1 Å². The molecule has 3 aromatic rings. The molecule has 37 heavy (non-hydrogen) atoms. The number of thiazole rings is 1. The Bertz CT molecular complexity index is 1520. The van der Waals surface area contributed by atoms with Crippen LogP contribution >= 0.6 is 33.9 Å². The van der Waals surface area contributed by atoms with Gasteiger partial charge in [-0.15, -0.1) is 0 Å². The van der Waals surface area contributed by atoms with Crippen LogP contribution in [0, 0.1) is 3.57 Å². The fraction of sp³-hybridized carbons (Fsp3) is 0.321. The van der Waals surface area contributed by atoms with Crippen molar-refractivity contribution in [3.05, 3.63) is 88.1 Å². The molecule has 194 valence electrons. The highest BCUT2D eigenvalue weighted by Gasteiger charge is 2.33. The van der Waals surface area contributed by atoms with Crippen LogP contribution in [0.2, 0.25) is 0 Å². The normalized spacial score (nSPS) is 15.4. The molecule has 1 aromatic heterocycles. The number of allylic oxidation sites excluding steroid dienone is 1. The minimum atomic E-state index is -0.622. The number of carbonyl (C=O) groups excluding carboxylic acids is 1. The van der Waals surface area contributed by atoms with E-state index in [2.05, 4.69) is 22.6 Å². The lowest BCUT2D eigenvalue weighted by Gasteiger charge is -2.25. The van der Waals surface area contributed by atoms with Crippen LogP contribution in [0.4, 0.5) is 0 Å². The lowest BCUT2D eigenvalue weighted by atomic mass is 9.95. The molecule has 4 rings (SSSR count). The Balaban J connectivity index is 1.93. The highest BCUT2D eigenvalue weighted by molar-refractivity contribution is 14.1. The van der Waals surface area contributed by atoms with Crippen molar-refractivity contribution >= 4 is 46.0 Å². The monoisotopic (exact) mass is 632 g/mol. The summed E-state index contributed by atoms with van der Waals surface area (Å²) in [5, 5.41) is 0. The van der Waals surface area contributed by atoms with Crippen molar-refractivity contribution < 1.29 is 19.0 Å². The molecule has 1 aliphatic heterocycles. The molecule has 7 nitrogen and oxygen atoms in total. The number of nitrogens with zero attached hydrogens (tertiary/aromatic N) is 2. The van der Waals surface area contributed by atoms with Gasteiger partial charge in [0.15, 0.2) is 16.3 Å². The number of fused-ring (bicyclic) bond motifs is 1. The third-order valence-electron chi connectivity index (χ3n) is 5.75. The molecule has 0 bridgehead atoms. The smallest absolute Gasteiger partial charge is 0.338 e. The minimum Gasteiger partial charge on any atom is -0.490 e. The van der Waals surface area contributed by atoms with Crippen molar-refractivity contribution in [2.24, 2.45) is 4.99 Å². The number of aromatic nitrogens is 1. The van der Waals surface area contributed by atoms with Gasteiger partial charge in [-0.25, -0.2) is 9.79 Å². The standard InChI is InChI=1S/C28H29IN2O5S/c1-6-20-23(27(33)34-5)24(18-11-9-8-10-12-18)31-26(32)22(37-28(31)30-20)15-17-13-19(29)25(36-16(3)4)21(14-17)35-7-2/h8-16,24H,6-7H2,1-5H3/b22-15+/t24-/m1/s1. The molecule has 9 heteroatoms. The van der Waals surface area contributed by atoms with Crippen molar-refractivity contribution in [2.75, 3.05) is 13.7 Å². The van der Waals surface area contributed by atoms with Gasteiger partial charge in [0.05, 0.1) is 45.2 Å². The van der Waals surface area contributed by atoms with E-state index in [1.165, 1.54) is 18.4 Å². The molecule has 1 atom stereocenters. The maximum atomic E-state index is 13.8. The van der Waals surface area contributed by atoms with Crippen molar-refractivity contribution in [2.45, 2.75) is 46.3 Å². The fourth-order valence-electron chi connectivity index (χ4n) is 4.25. The Morgan fingerprint density at radius 3 is 2.57 bits per heavy atom. The van der Waals surface area contributed by atoms with Gasteiger partial charge in [0.25, 0.3) is 5.56 Å². The Hall–Kier alpha value is -2.92. The molecule has 0 fully saturated rings. The van der Waals surface area contributed by atoms with Crippen LogP contribution in [0.25, 0.3) is 6.08 Å². The average Bonchev–Trinajstić information content (AvgIpc) is 3.19. The van der Waals surface area contributed by atoms with Crippen LogP contribution in [0.1, 0.15) is 51.3 Å². The first-order valence-electron chi connectivity index (χ1n) is 12.1. The van der Waals surface area contributed by atoms with Gasteiger partial charge in [-0.05, 0) is 79.1 Å². The Morgan fingerprint density at radius 1 is 1.22 bits per heavy atom. The van der Waals surface area contributed by atoms with Gasteiger partial charge in [0.2, 0.25) is 0 Å². The second-order valence-corrected chi connectivity index (χ2v) is 10.8. The molecule has 2 aromatic carbocycles. The summed E-state index contributed by atoms with van der Waals surface area (Å²) < 4.78 is 20.0. The third kappa shape index (κ3) is 5.52. The van der Waals surface area contributed by atoms with E-state index in [1.807, 2.05) is 76.2 Å². The van der Waals surface area contributed by atoms with Gasteiger partial charge >= 0.3 is 5.97 Å². The Labute approximate surface area is 233 Å². The molecule has 0 spiro atoms. The number of benzene rings is 2. The summed E-state index contributed by atoms with van der Waals surface area (Å²) in [6, 6.07) is 12.7. The average molecular weight is 633 g/mol. The van der Waals surface area contributed by atoms with E-state index >= 15 is 0 Å².